The van der Waals surface area contributed by atoms with E-state index in [2.05, 4.69) is 10.8 Å². The standard InChI is InChI=1S/C13H15N3O4S/c14-8-11-2-1-3-13(11)15-21(19,20)9-10-4-6-12(7-5-10)16(17)18/h4-7,11,13,15H,1-3,9H2. The molecule has 0 amide bonds. The first kappa shape index (κ1) is 15.4. The van der Waals surface area contributed by atoms with Crippen molar-refractivity contribution in [2.45, 2.75) is 31.1 Å². The van der Waals surface area contributed by atoms with Crippen molar-refractivity contribution in [2.24, 2.45) is 5.92 Å². The van der Waals surface area contributed by atoms with Crippen molar-refractivity contribution in [3.05, 3.63) is 39.9 Å². The number of benzene rings is 1. The third kappa shape index (κ3) is 4.00. The van der Waals surface area contributed by atoms with Gasteiger partial charge in [0.2, 0.25) is 10.0 Å². The third-order valence-corrected chi connectivity index (χ3v) is 4.89. The fourth-order valence-corrected chi connectivity index (χ4v) is 3.92. The Balaban J connectivity index is 2.04. The Morgan fingerprint density at radius 2 is 2.00 bits per heavy atom. The lowest BCUT2D eigenvalue weighted by molar-refractivity contribution is -0.384. The second-order valence-corrected chi connectivity index (χ2v) is 6.83. The van der Waals surface area contributed by atoms with Gasteiger partial charge in [0.05, 0.1) is 22.7 Å². The average molecular weight is 309 g/mol. The van der Waals surface area contributed by atoms with Crippen LogP contribution in [0.3, 0.4) is 0 Å². The van der Waals surface area contributed by atoms with Gasteiger partial charge in [-0.3, -0.25) is 10.1 Å². The quantitative estimate of drug-likeness (QED) is 0.657. The van der Waals surface area contributed by atoms with Gasteiger partial charge in [-0.2, -0.15) is 5.26 Å². The normalized spacial score (nSPS) is 21.9. The van der Waals surface area contributed by atoms with E-state index in [1.54, 1.807) is 0 Å². The van der Waals surface area contributed by atoms with E-state index in [9.17, 15) is 18.5 Å². The molecule has 1 aliphatic carbocycles. The molecule has 0 saturated heterocycles. The van der Waals surface area contributed by atoms with Crippen LogP contribution in [-0.2, 0) is 15.8 Å². The van der Waals surface area contributed by atoms with Crippen molar-refractivity contribution in [1.82, 2.24) is 4.72 Å². The summed E-state index contributed by atoms with van der Waals surface area (Å²) in [4.78, 5) is 10.0. The molecule has 1 aromatic rings. The molecule has 1 saturated carbocycles. The third-order valence-electron chi connectivity index (χ3n) is 3.52. The second kappa shape index (κ2) is 6.20. The van der Waals surface area contributed by atoms with E-state index in [1.165, 1.54) is 24.3 Å². The summed E-state index contributed by atoms with van der Waals surface area (Å²) in [5.74, 6) is -0.531. The highest BCUT2D eigenvalue weighted by Gasteiger charge is 2.30. The highest BCUT2D eigenvalue weighted by Crippen LogP contribution is 2.25. The molecule has 1 N–H and O–H groups in total. The highest BCUT2D eigenvalue weighted by atomic mass is 32.2. The minimum atomic E-state index is -3.57. The summed E-state index contributed by atoms with van der Waals surface area (Å²) >= 11 is 0. The van der Waals surface area contributed by atoms with Crippen LogP contribution < -0.4 is 4.72 Å². The molecule has 2 rings (SSSR count). The minimum absolute atomic E-state index is 0.0792. The van der Waals surface area contributed by atoms with E-state index < -0.39 is 14.9 Å². The first-order chi connectivity index (χ1) is 9.91. The molecule has 112 valence electrons. The van der Waals surface area contributed by atoms with Crippen LogP contribution in [0.2, 0.25) is 0 Å². The monoisotopic (exact) mass is 309 g/mol. The molecule has 0 spiro atoms. The molecule has 0 radical (unpaired) electrons. The number of nitriles is 1. The van der Waals surface area contributed by atoms with E-state index in [-0.39, 0.29) is 23.4 Å². The van der Waals surface area contributed by atoms with Crippen molar-refractivity contribution in [3.63, 3.8) is 0 Å². The Morgan fingerprint density at radius 3 is 2.57 bits per heavy atom. The molecule has 0 aliphatic heterocycles. The fraction of sp³-hybridized carbons (Fsp3) is 0.462. The smallest absolute Gasteiger partial charge is 0.258 e. The second-order valence-electron chi connectivity index (χ2n) is 5.07. The van der Waals surface area contributed by atoms with Crippen LogP contribution in [0.5, 0.6) is 0 Å². The summed E-state index contributed by atoms with van der Waals surface area (Å²) in [7, 11) is -3.57. The maximum Gasteiger partial charge on any atom is 0.269 e. The Morgan fingerprint density at radius 1 is 1.33 bits per heavy atom. The summed E-state index contributed by atoms with van der Waals surface area (Å²) in [5, 5.41) is 19.5. The lowest BCUT2D eigenvalue weighted by atomic mass is 10.1. The van der Waals surface area contributed by atoms with Gasteiger partial charge >= 0.3 is 0 Å². The van der Waals surface area contributed by atoms with E-state index in [4.69, 9.17) is 5.26 Å². The van der Waals surface area contributed by atoms with Crippen LogP contribution in [0.15, 0.2) is 24.3 Å². The predicted molar refractivity (Wildman–Crippen MR) is 75.6 cm³/mol. The molecule has 0 bridgehead atoms. The molecule has 1 fully saturated rings. The number of nitro groups is 1. The average Bonchev–Trinajstić information content (AvgIpc) is 2.85. The Labute approximate surface area is 122 Å². The van der Waals surface area contributed by atoms with E-state index in [0.29, 0.717) is 18.4 Å². The molecular weight excluding hydrogens is 294 g/mol. The minimum Gasteiger partial charge on any atom is -0.258 e. The number of nitro benzene ring substituents is 1. The molecule has 7 nitrogen and oxygen atoms in total. The topological polar surface area (TPSA) is 113 Å². The first-order valence-electron chi connectivity index (χ1n) is 6.54. The molecule has 8 heteroatoms. The number of non-ortho nitro benzene ring substituents is 1. The molecular formula is C13H15N3O4S. The lowest BCUT2D eigenvalue weighted by Gasteiger charge is -2.15. The van der Waals surface area contributed by atoms with E-state index >= 15 is 0 Å². The number of hydrogen-bond acceptors (Lipinski definition) is 5. The van der Waals surface area contributed by atoms with Crippen LogP contribution >= 0.6 is 0 Å². The van der Waals surface area contributed by atoms with Gasteiger partial charge in [0.15, 0.2) is 0 Å². The summed E-state index contributed by atoms with van der Waals surface area (Å²) in [5.41, 5.74) is 0.393. The van der Waals surface area contributed by atoms with Gasteiger partial charge in [-0.25, -0.2) is 13.1 Å². The van der Waals surface area contributed by atoms with Gasteiger partial charge in [0.25, 0.3) is 5.69 Å². The zero-order chi connectivity index (χ0) is 15.5. The van der Waals surface area contributed by atoms with Crippen LogP contribution in [0.25, 0.3) is 0 Å². The van der Waals surface area contributed by atoms with Crippen molar-refractivity contribution in [1.29, 1.82) is 5.26 Å². The lowest BCUT2D eigenvalue weighted by Crippen LogP contribution is -2.37. The molecule has 2 atom stereocenters. The van der Waals surface area contributed by atoms with Crippen molar-refractivity contribution in [3.8, 4) is 6.07 Å². The molecule has 1 aliphatic rings. The molecule has 21 heavy (non-hydrogen) atoms. The zero-order valence-electron chi connectivity index (χ0n) is 11.2. The van der Waals surface area contributed by atoms with Crippen molar-refractivity contribution >= 4 is 15.7 Å². The number of nitrogens with one attached hydrogen (secondary N) is 1. The van der Waals surface area contributed by atoms with E-state index in [0.717, 1.165) is 6.42 Å². The van der Waals surface area contributed by atoms with Gasteiger partial charge in [-0.1, -0.05) is 18.6 Å². The molecule has 1 aromatic carbocycles. The van der Waals surface area contributed by atoms with Crippen LogP contribution in [0, 0.1) is 27.4 Å². The summed E-state index contributed by atoms with van der Waals surface area (Å²) in [6.07, 6.45) is 2.21. The largest absolute Gasteiger partial charge is 0.269 e. The van der Waals surface area contributed by atoms with Gasteiger partial charge in [0, 0.05) is 18.2 Å². The summed E-state index contributed by atoms with van der Waals surface area (Å²) in [6.45, 7) is 0. The number of rotatable bonds is 5. The van der Waals surface area contributed by atoms with Gasteiger partial charge < -0.3 is 0 Å². The number of sulfonamides is 1. The Hall–Kier alpha value is -1.98. The predicted octanol–water partition coefficient (Wildman–Crippen LogP) is 1.71. The van der Waals surface area contributed by atoms with Crippen LogP contribution in [0.1, 0.15) is 24.8 Å². The van der Waals surface area contributed by atoms with Gasteiger partial charge in [-0.15, -0.1) is 0 Å². The Bertz CT molecular complexity index is 664. The maximum atomic E-state index is 12.1. The molecule has 2 unspecified atom stereocenters. The first-order valence-corrected chi connectivity index (χ1v) is 8.19. The molecule has 0 heterocycles. The van der Waals surface area contributed by atoms with Crippen LogP contribution in [-0.4, -0.2) is 19.4 Å². The van der Waals surface area contributed by atoms with Crippen molar-refractivity contribution < 1.29 is 13.3 Å². The van der Waals surface area contributed by atoms with Crippen molar-refractivity contribution in [2.75, 3.05) is 0 Å². The number of nitrogens with zero attached hydrogens (tertiary/aromatic N) is 2. The Kier molecular flexibility index (Phi) is 4.55. The van der Waals surface area contributed by atoms with Gasteiger partial charge in [0.1, 0.15) is 0 Å². The van der Waals surface area contributed by atoms with Crippen LogP contribution in [0.4, 0.5) is 5.69 Å². The summed E-state index contributed by atoms with van der Waals surface area (Å²) in [6, 6.07) is 7.18. The highest BCUT2D eigenvalue weighted by molar-refractivity contribution is 7.88. The van der Waals surface area contributed by atoms with E-state index in [1.807, 2.05) is 0 Å². The summed E-state index contributed by atoms with van der Waals surface area (Å²) < 4.78 is 26.7. The SMILES string of the molecule is N#CC1CCCC1NS(=O)(=O)Cc1ccc([N+](=O)[O-])cc1. The zero-order valence-corrected chi connectivity index (χ0v) is 12.0. The van der Waals surface area contributed by atoms with Gasteiger partial charge in [-0.05, 0) is 18.4 Å². The fourth-order valence-electron chi connectivity index (χ4n) is 2.46. The maximum absolute atomic E-state index is 12.1. The molecule has 0 aromatic heterocycles. The number of hydrogen-bond donors (Lipinski definition) is 1.